The van der Waals surface area contributed by atoms with Gasteiger partial charge < -0.3 is 10.1 Å². The first-order valence-corrected chi connectivity index (χ1v) is 8.05. The Hall–Kier alpha value is -1.56. The summed E-state index contributed by atoms with van der Waals surface area (Å²) >= 11 is 13.2. The van der Waals surface area contributed by atoms with Gasteiger partial charge in [0, 0.05) is 14.9 Å². The van der Waals surface area contributed by atoms with E-state index in [9.17, 15) is 9.59 Å². The number of hydrogen-bond acceptors (Lipinski definition) is 4. The summed E-state index contributed by atoms with van der Waals surface area (Å²) in [7, 11) is 0. The molecule has 0 saturated heterocycles. The first kappa shape index (κ1) is 16.8. The summed E-state index contributed by atoms with van der Waals surface area (Å²) in [4.78, 5) is 24.7. The third kappa shape index (κ3) is 4.73. The molecule has 2 aromatic rings. The molecule has 7 heteroatoms. The maximum absolute atomic E-state index is 11.9. The van der Waals surface area contributed by atoms with E-state index in [0.717, 1.165) is 4.88 Å². The van der Waals surface area contributed by atoms with Crippen LogP contribution in [0.2, 0.25) is 10.0 Å². The van der Waals surface area contributed by atoms with Gasteiger partial charge >= 0.3 is 5.97 Å². The molecule has 0 saturated carbocycles. The molecule has 2 rings (SSSR count). The number of esters is 1. The van der Waals surface area contributed by atoms with Crippen LogP contribution in [0.5, 0.6) is 0 Å². The number of thiophene rings is 1. The molecule has 1 amide bonds. The minimum Gasteiger partial charge on any atom is -0.452 e. The molecule has 1 N–H and O–H groups in total. The van der Waals surface area contributed by atoms with Crippen molar-refractivity contribution in [3.8, 4) is 0 Å². The van der Waals surface area contributed by atoms with Gasteiger partial charge in [0.05, 0.1) is 11.6 Å². The first-order valence-electron chi connectivity index (χ1n) is 6.41. The Morgan fingerprint density at radius 1 is 1.27 bits per heavy atom. The van der Waals surface area contributed by atoms with E-state index in [1.54, 1.807) is 11.3 Å². The fraction of sp³-hybridized carbons (Fsp3) is 0.200. The SMILES string of the molecule is C[C@@H](NC(=O)COC(=O)c1cc(Cl)cc(Cl)c1)c1cccs1. The highest BCUT2D eigenvalue weighted by atomic mass is 35.5. The van der Waals surface area contributed by atoms with E-state index in [0.29, 0.717) is 10.0 Å². The summed E-state index contributed by atoms with van der Waals surface area (Å²) in [6.07, 6.45) is 0. The fourth-order valence-electron chi connectivity index (χ4n) is 1.78. The van der Waals surface area contributed by atoms with Crippen molar-refractivity contribution in [2.45, 2.75) is 13.0 Å². The summed E-state index contributed by atoms with van der Waals surface area (Å²) in [5, 5.41) is 5.34. The summed E-state index contributed by atoms with van der Waals surface area (Å²) in [6, 6.07) is 8.08. The molecule has 0 fully saturated rings. The number of benzene rings is 1. The van der Waals surface area contributed by atoms with Crippen LogP contribution in [-0.4, -0.2) is 18.5 Å². The molecule has 116 valence electrons. The molecule has 22 heavy (non-hydrogen) atoms. The molecule has 0 aliphatic carbocycles. The van der Waals surface area contributed by atoms with Gasteiger partial charge in [-0.05, 0) is 36.6 Å². The number of carbonyl (C=O) groups is 2. The van der Waals surface area contributed by atoms with Crippen LogP contribution >= 0.6 is 34.5 Å². The van der Waals surface area contributed by atoms with Crippen molar-refractivity contribution >= 4 is 46.4 Å². The number of nitrogens with one attached hydrogen (secondary N) is 1. The molecule has 0 radical (unpaired) electrons. The highest BCUT2D eigenvalue weighted by molar-refractivity contribution is 7.10. The largest absolute Gasteiger partial charge is 0.452 e. The fourth-order valence-corrected chi connectivity index (χ4v) is 3.04. The van der Waals surface area contributed by atoms with Crippen LogP contribution in [0, 0.1) is 0 Å². The molecule has 4 nitrogen and oxygen atoms in total. The average Bonchev–Trinajstić information content (AvgIpc) is 2.98. The topological polar surface area (TPSA) is 55.4 Å². The molecule has 0 spiro atoms. The van der Waals surface area contributed by atoms with Crippen LogP contribution in [0.25, 0.3) is 0 Å². The lowest BCUT2D eigenvalue weighted by molar-refractivity contribution is -0.124. The second kappa shape index (κ2) is 7.63. The second-order valence-electron chi connectivity index (χ2n) is 4.54. The quantitative estimate of drug-likeness (QED) is 0.819. The standard InChI is InChI=1S/C15H13Cl2NO3S/c1-9(13-3-2-4-22-13)18-14(19)8-21-15(20)10-5-11(16)7-12(17)6-10/h2-7,9H,8H2,1H3,(H,18,19)/t9-/m1/s1. The van der Waals surface area contributed by atoms with Gasteiger partial charge in [0.25, 0.3) is 5.91 Å². The van der Waals surface area contributed by atoms with Gasteiger partial charge in [0.15, 0.2) is 6.61 Å². The van der Waals surface area contributed by atoms with E-state index in [2.05, 4.69) is 5.32 Å². The summed E-state index contributed by atoms with van der Waals surface area (Å²) in [6.45, 7) is 1.50. The summed E-state index contributed by atoms with van der Waals surface area (Å²) in [5.74, 6) is -1.02. The molecule has 0 bridgehead atoms. The number of ether oxygens (including phenoxy) is 1. The van der Waals surface area contributed by atoms with E-state index in [1.165, 1.54) is 18.2 Å². The van der Waals surface area contributed by atoms with Crippen molar-refractivity contribution in [2.24, 2.45) is 0 Å². The van der Waals surface area contributed by atoms with Gasteiger partial charge in [0.1, 0.15) is 0 Å². The molecule has 0 aliphatic heterocycles. The molecular formula is C15H13Cl2NO3S. The van der Waals surface area contributed by atoms with Crippen molar-refractivity contribution in [1.82, 2.24) is 5.32 Å². The number of carbonyl (C=O) groups excluding carboxylic acids is 2. The third-order valence-corrected chi connectivity index (χ3v) is 4.27. The predicted octanol–water partition coefficient (Wildman–Crippen LogP) is 4.09. The van der Waals surface area contributed by atoms with Crippen LogP contribution in [-0.2, 0) is 9.53 Å². The second-order valence-corrected chi connectivity index (χ2v) is 6.39. The number of hydrogen-bond donors (Lipinski definition) is 1. The maximum atomic E-state index is 11.9. The molecule has 1 aromatic heterocycles. The Bertz CT molecular complexity index is 653. The van der Waals surface area contributed by atoms with Gasteiger partial charge in [-0.25, -0.2) is 4.79 Å². The first-order chi connectivity index (χ1) is 10.5. The third-order valence-electron chi connectivity index (χ3n) is 2.78. The van der Waals surface area contributed by atoms with Gasteiger partial charge in [-0.2, -0.15) is 0 Å². The van der Waals surface area contributed by atoms with Gasteiger partial charge in [-0.3, -0.25) is 4.79 Å². The highest BCUT2D eigenvalue weighted by Gasteiger charge is 2.14. The van der Waals surface area contributed by atoms with Crippen LogP contribution in [0.1, 0.15) is 28.2 Å². The smallest absolute Gasteiger partial charge is 0.338 e. The lowest BCUT2D eigenvalue weighted by atomic mass is 10.2. The number of halogens is 2. The number of rotatable bonds is 5. The van der Waals surface area contributed by atoms with Crippen molar-refractivity contribution in [2.75, 3.05) is 6.61 Å². The van der Waals surface area contributed by atoms with Crippen molar-refractivity contribution in [3.05, 3.63) is 56.2 Å². The minimum atomic E-state index is -0.650. The van der Waals surface area contributed by atoms with Crippen LogP contribution in [0.4, 0.5) is 0 Å². The lowest BCUT2D eigenvalue weighted by Gasteiger charge is -2.12. The van der Waals surface area contributed by atoms with Crippen LogP contribution < -0.4 is 5.32 Å². The predicted molar refractivity (Wildman–Crippen MR) is 87.6 cm³/mol. The van der Waals surface area contributed by atoms with E-state index in [1.807, 2.05) is 24.4 Å². The molecule has 0 aliphatic rings. The van der Waals surface area contributed by atoms with Gasteiger partial charge in [0.2, 0.25) is 0 Å². The van der Waals surface area contributed by atoms with E-state index < -0.39 is 5.97 Å². The van der Waals surface area contributed by atoms with Gasteiger partial charge in [-0.1, -0.05) is 29.3 Å². The molecule has 1 heterocycles. The maximum Gasteiger partial charge on any atom is 0.338 e. The zero-order chi connectivity index (χ0) is 16.1. The van der Waals surface area contributed by atoms with E-state index in [4.69, 9.17) is 27.9 Å². The Labute approximate surface area is 142 Å². The Morgan fingerprint density at radius 3 is 2.55 bits per heavy atom. The Morgan fingerprint density at radius 2 is 1.95 bits per heavy atom. The summed E-state index contributed by atoms with van der Waals surface area (Å²) < 4.78 is 4.95. The molecular weight excluding hydrogens is 345 g/mol. The monoisotopic (exact) mass is 357 g/mol. The van der Waals surface area contributed by atoms with Gasteiger partial charge in [-0.15, -0.1) is 11.3 Å². The average molecular weight is 358 g/mol. The van der Waals surface area contributed by atoms with Crippen molar-refractivity contribution < 1.29 is 14.3 Å². The minimum absolute atomic E-state index is 0.133. The molecule has 1 aromatic carbocycles. The van der Waals surface area contributed by atoms with Crippen LogP contribution in [0.15, 0.2) is 35.7 Å². The molecule has 1 atom stereocenters. The van der Waals surface area contributed by atoms with Crippen molar-refractivity contribution in [3.63, 3.8) is 0 Å². The zero-order valence-electron chi connectivity index (χ0n) is 11.6. The van der Waals surface area contributed by atoms with E-state index in [-0.39, 0.29) is 24.1 Å². The molecule has 0 unspecified atom stereocenters. The highest BCUT2D eigenvalue weighted by Crippen LogP contribution is 2.20. The summed E-state index contributed by atoms with van der Waals surface area (Å²) in [5.41, 5.74) is 0.205. The Kier molecular flexibility index (Phi) is 5.83. The van der Waals surface area contributed by atoms with Crippen LogP contribution in [0.3, 0.4) is 0 Å². The normalized spacial score (nSPS) is 11.8. The zero-order valence-corrected chi connectivity index (χ0v) is 14.0. The van der Waals surface area contributed by atoms with Crippen molar-refractivity contribution in [1.29, 1.82) is 0 Å². The lowest BCUT2D eigenvalue weighted by Crippen LogP contribution is -2.30. The Balaban J connectivity index is 1.86. The van der Waals surface area contributed by atoms with E-state index >= 15 is 0 Å². The number of amides is 1.